The second-order valence-corrected chi connectivity index (χ2v) is 2.10. The van der Waals surface area contributed by atoms with Crippen LogP contribution in [-0.4, -0.2) is 32.6 Å². The molecule has 0 aliphatic heterocycles. The van der Waals surface area contributed by atoms with Crippen LogP contribution in [0, 0.1) is 0 Å². The van der Waals surface area contributed by atoms with Crippen LogP contribution in [0.25, 0.3) is 0 Å². The van der Waals surface area contributed by atoms with Crippen LogP contribution in [0.1, 0.15) is 20.3 Å². The topological polar surface area (TPSA) is 44.8 Å². The zero-order valence-corrected chi connectivity index (χ0v) is 7.62. The van der Waals surface area contributed by atoms with Gasteiger partial charge in [-0.1, -0.05) is 0 Å². The molecular weight excluding hydrogens is 160 g/mol. The number of carbonyl (C=O) groups excluding carboxylic acids is 1. The standard InChI is InChI=1S/C8H16O4/c1-3-10-6-5-8(11-4-2)12-7-9/h7-8H,3-6H2,1-2H3. The maximum Gasteiger partial charge on any atom is 0.295 e. The van der Waals surface area contributed by atoms with Gasteiger partial charge >= 0.3 is 0 Å². The number of hydrogen-bond acceptors (Lipinski definition) is 4. The molecule has 0 aromatic carbocycles. The Morgan fingerprint density at radius 1 is 1.33 bits per heavy atom. The predicted molar refractivity (Wildman–Crippen MR) is 43.7 cm³/mol. The minimum atomic E-state index is -0.459. The van der Waals surface area contributed by atoms with Crippen LogP contribution in [0.2, 0.25) is 0 Å². The lowest BCUT2D eigenvalue weighted by molar-refractivity contribution is -0.166. The van der Waals surface area contributed by atoms with E-state index >= 15 is 0 Å². The highest BCUT2D eigenvalue weighted by atomic mass is 16.7. The molecule has 0 heterocycles. The molecule has 0 bridgehead atoms. The Kier molecular flexibility index (Phi) is 8.05. The lowest BCUT2D eigenvalue weighted by Crippen LogP contribution is -2.18. The van der Waals surface area contributed by atoms with Crippen LogP contribution in [0.15, 0.2) is 0 Å². The number of ether oxygens (including phenoxy) is 3. The lowest BCUT2D eigenvalue weighted by atomic mass is 10.4. The quantitative estimate of drug-likeness (QED) is 0.314. The smallest absolute Gasteiger partial charge is 0.295 e. The fraction of sp³-hybridized carbons (Fsp3) is 0.875. The average Bonchev–Trinajstić information content (AvgIpc) is 2.06. The van der Waals surface area contributed by atoms with E-state index in [1.807, 2.05) is 13.8 Å². The summed E-state index contributed by atoms with van der Waals surface area (Å²) in [6, 6.07) is 0. The van der Waals surface area contributed by atoms with Crippen molar-refractivity contribution in [3.63, 3.8) is 0 Å². The summed E-state index contributed by atoms with van der Waals surface area (Å²) in [4.78, 5) is 9.98. The molecule has 0 saturated heterocycles. The molecule has 0 N–H and O–H groups in total. The van der Waals surface area contributed by atoms with Gasteiger partial charge in [0.15, 0.2) is 0 Å². The molecule has 0 aliphatic rings. The van der Waals surface area contributed by atoms with Crippen molar-refractivity contribution < 1.29 is 19.0 Å². The molecule has 72 valence electrons. The Labute approximate surface area is 72.8 Å². The third kappa shape index (κ3) is 6.12. The summed E-state index contributed by atoms with van der Waals surface area (Å²) in [7, 11) is 0. The Bertz CT molecular complexity index is 105. The van der Waals surface area contributed by atoms with Gasteiger partial charge in [0.2, 0.25) is 6.29 Å². The zero-order valence-electron chi connectivity index (χ0n) is 7.62. The first-order valence-corrected chi connectivity index (χ1v) is 4.13. The minimum absolute atomic E-state index is 0.395. The Balaban J connectivity index is 3.40. The van der Waals surface area contributed by atoms with Gasteiger partial charge in [-0.25, -0.2) is 0 Å². The second kappa shape index (κ2) is 8.49. The van der Waals surface area contributed by atoms with E-state index in [9.17, 15) is 4.79 Å². The Morgan fingerprint density at radius 3 is 2.58 bits per heavy atom. The molecule has 0 fully saturated rings. The van der Waals surface area contributed by atoms with Gasteiger partial charge in [-0.3, -0.25) is 4.79 Å². The molecular formula is C8H16O4. The summed E-state index contributed by atoms with van der Waals surface area (Å²) in [6.07, 6.45) is 0.125. The van der Waals surface area contributed by atoms with Gasteiger partial charge in [0.05, 0.1) is 6.61 Å². The number of hydrogen-bond donors (Lipinski definition) is 0. The molecule has 12 heavy (non-hydrogen) atoms. The van der Waals surface area contributed by atoms with Gasteiger partial charge in [-0.15, -0.1) is 0 Å². The van der Waals surface area contributed by atoms with E-state index in [0.717, 1.165) is 0 Å². The largest absolute Gasteiger partial charge is 0.438 e. The van der Waals surface area contributed by atoms with Crippen LogP contribution in [-0.2, 0) is 19.0 Å². The highest BCUT2D eigenvalue weighted by Crippen LogP contribution is 1.99. The SMILES string of the molecule is CCOCCC(OC=O)OCC. The first-order valence-electron chi connectivity index (χ1n) is 4.13. The minimum Gasteiger partial charge on any atom is -0.438 e. The molecule has 0 spiro atoms. The lowest BCUT2D eigenvalue weighted by Gasteiger charge is -2.14. The third-order valence-electron chi connectivity index (χ3n) is 1.26. The van der Waals surface area contributed by atoms with Gasteiger partial charge < -0.3 is 14.2 Å². The van der Waals surface area contributed by atoms with Crippen LogP contribution in [0.5, 0.6) is 0 Å². The first-order chi connectivity index (χ1) is 5.85. The van der Waals surface area contributed by atoms with E-state index < -0.39 is 6.29 Å². The summed E-state index contributed by atoms with van der Waals surface area (Å²) in [6.45, 7) is 5.91. The van der Waals surface area contributed by atoms with Crippen molar-refractivity contribution in [1.29, 1.82) is 0 Å². The van der Waals surface area contributed by atoms with Crippen molar-refractivity contribution in [2.24, 2.45) is 0 Å². The molecule has 1 atom stereocenters. The van der Waals surface area contributed by atoms with Crippen LogP contribution in [0.3, 0.4) is 0 Å². The monoisotopic (exact) mass is 176 g/mol. The van der Waals surface area contributed by atoms with Crippen LogP contribution >= 0.6 is 0 Å². The van der Waals surface area contributed by atoms with E-state index in [1.54, 1.807) is 0 Å². The molecule has 0 aromatic heterocycles. The van der Waals surface area contributed by atoms with Crippen molar-refractivity contribution in [1.82, 2.24) is 0 Å². The summed E-state index contributed by atoms with van der Waals surface area (Å²) < 4.78 is 14.8. The van der Waals surface area contributed by atoms with Crippen LogP contribution in [0.4, 0.5) is 0 Å². The summed E-state index contributed by atoms with van der Waals surface area (Å²) >= 11 is 0. The maximum atomic E-state index is 9.98. The number of carbonyl (C=O) groups is 1. The van der Waals surface area contributed by atoms with Gasteiger partial charge in [0, 0.05) is 19.6 Å². The normalized spacial score (nSPS) is 12.5. The maximum absolute atomic E-state index is 9.98. The van der Waals surface area contributed by atoms with E-state index in [4.69, 9.17) is 9.47 Å². The Hall–Kier alpha value is -0.610. The van der Waals surface area contributed by atoms with Gasteiger partial charge in [-0.2, -0.15) is 0 Å². The molecule has 0 aromatic rings. The fourth-order valence-electron chi connectivity index (χ4n) is 0.762. The fourth-order valence-corrected chi connectivity index (χ4v) is 0.762. The second-order valence-electron chi connectivity index (χ2n) is 2.10. The van der Waals surface area contributed by atoms with E-state index in [0.29, 0.717) is 32.7 Å². The van der Waals surface area contributed by atoms with E-state index in [-0.39, 0.29) is 0 Å². The van der Waals surface area contributed by atoms with Crippen molar-refractivity contribution >= 4 is 6.47 Å². The molecule has 4 nitrogen and oxygen atoms in total. The average molecular weight is 176 g/mol. The molecule has 0 saturated carbocycles. The molecule has 0 radical (unpaired) electrons. The van der Waals surface area contributed by atoms with Crippen molar-refractivity contribution in [2.75, 3.05) is 19.8 Å². The third-order valence-corrected chi connectivity index (χ3v) is 1.26. The van der Waals surface area contributed by atoms with Crippen molar-refractivity contribution in [3.8, 4) is 0 Å². The highest BCUT2D eigenvalue weighted by molar-refractivity contribution is 5.37. The van der Waals surface area contributed by atoms with Crippen molar-refractivity contribution in [3.05, 3.63) is 0 Å². The molecule has 0 amide bonds. The van der Waals surface area contributed by atoms with Gasteiger partial charge in [0.1, 0.15) is 0 Å². The van der Waals surface area contributed by atoms with Gasteiger partial charge in [0.25, 0.3) is 6.47 Å². The summed E-state index contributed by atoms with van der Waals surface area (Å²) in [5, 5.41) is 0. The van der Waals surface area contributed by atoms with E-state index in [1.165, 1.54) is 0 Å². The first kappa shape index (κ1) is 11.4. The summed E-state index contributed by atoms with van der Waals surface area (Å²) in [5.41, 5.74) is 0. The molecule has 0 aliphatic carbocycles. The molecule has 1 unspecified atom stereocenters. The molecule has 4 heteroatoms. The van der Waals surface area contributed by atoms with Crippen molar-refractivity contribution in [2.45, 2.75) is 26.6 Å². The zero-order chi connectivity index (χ0) is 9.23. The Morgan fingerprint density at radius 2 is 2.08 bits per heavy atom. The van der Waals surface area contributed by atoms with Crippen LogP contribution < -0.4 is 0 Å². The van der Waals surface area contributed by atoms with Gasteiger partial charge in [-0.05, 0) is 13.8 Å². The van der Waals surface area contributed by atoms with E-state index in [2.05, 4.69) is 4.74 Å². The molecule has 0 rings (SSSR count). The predicted octanol–water partition coefficient (Wildman–Crippen LogP) is 0.949. The highest BCUT2D eigenvalue weighted by Gasteiger charge is 2.07. The number of rotatable bonds is 8. The summed E-state index contributed by atoms with van der Waals surface area (Å²) in [5.74, 6) is 0.